The molecule has 0 aliphatic heterocycles. The molecular formula is C17H14FNO4. The summed E-state index contributed by atoms with van der Waals surface area (Å²) >= 11 is 0. The number of amides is 1. The number of rotatable bonds is 5. The molecule has 0 saturated heterocycles. The van der Waals surface area contributed by atoms with Gasteiger partial charge in [-0.3, -0.25) is 9.59 Å². The van der Waals surface area contributed by atoms with E-state index in [4.69, 9.17) is 10.5 Å². The van der Waals surface area contributed by atoms with Gasteiger partial charge in [-0.15, -0.1) is 0 Å². The first-order valence-electron chi connectivity index (χ1n) is 6.79. The highest BCUT2D eigenvalue weighted by atomic mass is 19.1. The highest BCUT2D eigenvalue weighted by Gasteiger charge is 2.20. The second-order valence-corrected chi connectivity index (χ2v) is 4.86. The van der Waals surface area contributed by atoms with Crippen LogP contribution in [-0.2, 0) is 4.74 Å². The number of primary amides is 1. The molecule has 0 bridgehead atoms. The largest absolute Gasteiger partial charge is 0.451 e. The average Bonchev–Trinajstić information content (AvgIpc) is 2.54. The third-order valence-electron chi connectivity index (χ3n) is 3.19. The van der Waals surface area contributed by atoms with Crippen molar-refractivity contribution in [2.75, 3.05) is 0 Å². The van der Waals surface area contributed by atoms with E-state index in [1.807, 2.05) is 0 Å². The Balaban J connectivity index is 2.05. The number of carbonyl (C=O) groups is 3. The summed E-state index contributed by atoms with van der Waals surface area (Å²) in [4.78, 5) is 35.0. The van der Waals surface area contributed by atoms with Crippen LogP contribution < -0.4 is 5.73 Å². The number of Topliss-reactive ketones (excluding diaryl/α,β-unsaturated/α-hetero) is 1. The molecule has 0 saturated carbocycles. The fourth-order valence-electron chi connectivity index (χ4n) is 1.90. The van der Waals surface area contributed by atoms with Crippen molar-refractivity contribution in [3.63, 3.8) is 0 Å². The minimum Gasteiger partial charge on any atom is -0.451 e. The second-order valence-electron chi connectivity index (χ2n) is 4.86. The van der Waals surface area contributed by atoms with E-state index >= 15 is 0 Å². The number of esters is 1. The molecule has 6 heteroatoms. The van der Waals surface area contributed by atoms with Gasteiger partial charge in [0.05, 0.1) is 5.56 Å². The summed E-state index contributed by atoms with van der Waals surface area (Å²) in [5.74, 6) is -2.21. The van der Waals surface area contributed by atoms with Crippen LogP contribution in [0.4, 0.5) is 4.39 Å². The van der Waals surface area contributed by atoms with Gasteiger partial charge in [0.25, 0.3) is 0 Å². The monoisotopic (exact) mass is 315 g/mol. The van der Waals surface area contributed by atoms with Gasteiger partial charge in [0.1, 0.15) is 5.82 Å². The lowest BCUT2D eigenvalue weighted by molar-refractivity contribution is 0.0318. The molecule has 0 spiro atoms. The number of carbonyl (C=O) groups excluding carboxylic acids is 3. The van der Waals surface area contributed by atoms with Gasteiger partial charge in [-0.05, 0) is 55.5 Å². The Kier molecular flexibility index (Phi) is 4.85. The zero-order valence-corrected chi connectivity index (χ0v) is 12.3. The van der Waals surface area contributed by atoms with Crippen molar-refractivity contribution in [1.82, 2.24) is 0 Å². The van der Waals surface area contributed by atoms with E-state index in [2.05, 4.69) is 0 Å². The molecule has 2 aromatic rings. The molecule has 118 valence electrons. The molecule has 0 aromatic heterocycles. The second kappa shape index (κ2) is 6.83. The summed E-state index contributed by atoms with van der Waals surface area (Å²) in [5.41, 5.74) is 5.80. The van der Waals surface area contributed by atoms with Crippen LogP contribution in [0.5, 0.6) is 0 Å². The Morgan fingerprint density at radius 2 is 1.39 bits per heavy atom. The zero-order valence-electron chi connectivity index (χ0n) is 12.3. The van der Waals surface area contributed by atoms with Crippen LogP contribution in [0.1, 0.15) is 38.0 Å². The Morgan fingerprint density at radius 3 is 1.91 bits per heavy atom. The molecule has 1 amide bonds. The topological polar surface area (TPSA) is 86.5 Å². The Hall–Kier alpha value is -3.02. The van der Waals surface area contributed by atoms with Crippen molar-refractivity contribution in [1.29, 1.82) is 0 Å². The van der Waals surface area contributed by atoms with Crippen LogP contribution in [0.15, 0.2) is 48.5 Å². The van der Waals surface area contributed by atoms with Crippen LogP contribution in [0, 0.1) is 5.82 Å². The highest BCUT2D eigenvalue weighted by Crippen LogP contribution is 2.11. The van der Waals surface area contributed by atoms with Crippen LogP contribution in [-0.4, -0.2) is 23.8 Å². The summed E-state index contributed by atoms with van der Waals surface area (Å²) in [6, 6.07) is 10.5. The van der Waals surface area contributed by atoms with E-state index in [1.54, 1.807) is 0 Å². The maximum absolute atomic E-state index is 12.8. The quantitative estimate of drug-likeness (QED) is 0.678. The highest BCUT2D eigenvalue weighted by molar-refractivity contribution is 6.01. The fraction of sp³-hybridized carbons (Fsp3) is 0.118. The van der Waals surface area contributed by atoms with Gasteiger partial charge >= 0.3 is 5.97 Å². The van der Waals surface area contributed by atoms with Crippen molar-refractivity contribution >= 4 is 17.7 Å². The van der Waals surface area contributed by atoms with Gasteiger partial charge in [-0.1, -0.05) is 0 Å². The lowest BCUT2D eigenvalue weighted by Gasteiger charge is -2.12. The zero-order chi connectivity index (χ0) is 17.0. The molecule has 23 heavy (non-hydrogen) atoms. The molecule has 0 unspecified atom stereocenters. The SMILES string of the molecule is C[C@@H](OC(=O)c1ccc(C(N)=O)cc1)C(=O)c1ccc(F)cc1. The maximum Gasteiger partial charge on any atom is 0.338 e. The predicted molar refractivity (Wildman–Crippen MR) is 80.6 cm³/mol. The van der Waals surface area contributed by atoms with Gasteiger partial charge in [-0.2, -0.15) is 0 Å². The van der Waals surface area contributed by atoms with Crippen molar-refractivity contribution in [2.24, 2.45) is 5.73 Å². The predicted octanol–water partition coefficient (Wildman–Crippen LogP) is 2.35. The smallest absolute Gasteiger partial charge is 0.338 e. The maximum atomic E-state index is 12.8. The van der Waals surface area contributed by atoms with E-state index in [0.717, 1.165) is 12.1 Å². The summed E-state index contributed by atoms with van der Waals surface area (Å²) in [7, 11) is 0. The number of ketones is 1. The summed E-state index contributed by atoms with van der Waals surface area (Å²) < 4.78 is 17.9. The van der Waals surface area contributed by atoms with Gasteiger partial charge in [0, 0.05) is 11.1 Å². The fourth-order valence-corrected chi connectivity index (χ4v) is 1.90. The van der Waals surface area contributed by atoms with Crippen molar-refractivity contribution in [2.45, 2.75) is 13.0 Å². The lowest BCUT2D eigenvalue weighted by atomic mass is 10.1. The third kappa shape index (κ3) is 4.00. The average molecular weight is 315 g/mol. The summed E-state index contributed by atoms with van der Waals surface area (Å²) in [5, 5.41) is 0. The Bertz CT molecular complexity index is 738. The number of halogens is 1. The molecule has 5 nitrogen and oxygen atoms in total. The third-order valence-corrected chi connectivity index (χ3v) is 3.19. The minimum absolute atomic E-state index is 0.189. The molecule has 0 aliphatic carbocycles. The number of nitrogens with two attached hydrogens (primary N) is 1. The van der Waals surface area contributed by atoms with E-state index < -0.39 is 29.6 Å². The molecule has 0 heterocycles. The van der Waals surface area contributed by atoms with E-state index in [1.165, 1.54) is 43.3 Å². The van der Waals surface area contributed by atoms with Crippen LogP contribution in [0.25, 0.3) is 0 Å². The number of hydrogen-bond acceptors (Lipinski definition) is 4. The van der Waals surface area contributed by atoms with E-state index in [9.17, 15) is 18.8 Å². The van der Waals surface area contributed by atoms with Crippen molar-refractivity contribution < 1.29 is 23.5 Å². The first kappa shape index (κ1) is 16.4. The van der Waals surface area contributed by atoms with Gasteiger partial charge in [0.2, 0.25) is 11.7 Å². The summed E-state index contributed by atoms with van der Waals surface area (Å²) in [6.45, 7) is 1.43. The van der Waals surface area contributed by atoms with Crippen LogP contribution in [0.3, 0.4) is 0 Å². The minimum atomic E-state index is -1.02. The molecule has 0 radical (unpaired) electrons. The first-order valence-corrected chi connectivity index (χ1v) is 6.79. The first-order chi connectivity index (χ1) is 10.9. The van der Waals surface area contributed by atoms with Crippen molar-refractivity contribution in [3.8, 4) is 0 Å². The van der Waals surface area contributed by atoms with E-state index in [0.29, 0.717) is 0 Å². The number of benzene rings is 2. The Labute approximate surface area is 131 Å². The molecule has 0 aliphatic rings. The number of hydrogen-bond donors (Lipinski definition) is 1. The van der Waals surface area contributed by atoms with Gasteiger partial charge < -0.3 is 10.5 Å². The lowest BCUT2D eigenvalue weighted by Crippen LogP contribution is -2.24. The molecule has 2 aromatic carbocycles. The number of ether oxygens (including phenoxy) is 1. The molecule has 2 rings (SSSR count). The standard InChI is InChI=1S/C17H14FNO4/c1-10(15(20)11-6-8-14(18)9-7-11)23-17(22)13-4-2-12(3-5-13)16(19)21/h2-10H,1H3,(H2,19,21)/t10-/m1/s1. The summed E-state index contributed by atoms with van der Waals surface area (Å²) in [6.07, 6.45) is -1.02. The molecule has 1 atom stereocenters. The molecule has 2 N–H and O–H groups in total. The van der Waals surface area contributed by atoms with Crippen LogP contribution in [0.2, 0.25) is 0 Å². The van der Waals surface area contributed by atoms with Crippen molar-refractivity contribution in [3.05, 3.63) is 71.0 Å². The molecule has 0 fully saturated rings. The molecular weight excluding hydrogens is 301 g/mol. The Morgan fingerprint density at radius 1 is 0.913 bits per heavy atom. The normalized spacial score (nSPS) is 11.6. The van der Waals surface area contributed by atoms with Crippen LogP contribution >= 0.6 is 0 Å². The van der Waals surface area contributed by atoms with Gasteiger partial charge in [-0.25, -0.2) is 9.18 Å². The van der Waals surface area contributed by atoms with Gasteiger partial charge in [0.15, 0.2) is 6.10 Å². The van der Waals surface area contributed by atoms with E-state index in [-0.39, 0.29) is 16.7 Å².